The third kappa shape index (κ3) is 1.75. The van der Waals surface area contributed by atoms with E-state index in [2.05, 4.69) is 24.0 Å². The van der Waals surface area contributed by atoms with Crippen LogP contribution in [0.5, 0.6) is 0 Å². The molecule has 1 heterocycles. The predicted molar refractivity (Wildman–Crippen MR) is 59.6 cm³/mol. The summed E-state index contributed by atoms with van der Waals surface area (Å²) in [5.74, 6) is 0.625. The molecule has 0 saturated heterocycles. The van der Waals surface area contributed by atoms with E-state index in [4.69, 9.17) is 11.6 Å². The molecule has 0 aliphatic heterocycles. The quantitative estimate of drug-likeness (QED) is 0.805. The van der Waals surface area contributed by atoms with Crippen molar-refractivity contribution >= 4 is 22.5 Å². The van der Waals surface area contributed by atoms with Gasteiger partial charge in [-0.3, -0.25) is 5.10 Å². The van der Waals surface area contributed by atoms with E-state index in [1.165, 1.54) is 5.56 Å². The van der Waals surface area contributed by atoms with Crippen LogP contribution in [0.1, 0.15) is 19.4 Å². The summed E-state index contributed by atoms with van der Waals surface area (Å²) in [6, 6.07) is 3.95. The second-order valence-electron chi connectivity index (χ2n) is 4.00. The molecule has 1 aromatic heterocycles. The Morgan fingerprint density at radius 2 is 2.21 bits per heavy atom. The lowest BCUT2D eigenvalue weighted by Gasteiger charge is -2.06. The molecule has 1 N–H and O–H groups in total. The standard InChI is InChI=1S/C11H13ClN2/c1-7(2)3-8-4-10(12)5-9-6-13-14-11(8)9/h4-7H,3H2,1-2H3,(H,13,14). The van der Waals surface area contributed by atoms with Crippen LogP contribution in [0, 0.1) is 5.92 Å². The SMILES string of the molecule is CC(C)Cc1cc(Cl)cc2cn[nH]c12. The van der Waals surface area contributed by atoms with Gasteiger partial charge in [0.2, 0.25) is 0 Å². The molecule has 3 heteroatoms. The fourth-order valence-electron chi connectivity index (χ4n) is 1.69. The van der Waals surface area contributed by atoms with E-state index in [1.54, 1.807) is 0 Å². The summed E-state index contributed by atoms with van der Waals surface area (Å²) in [4.78, 5) is 0. The first-order valence-corrected chi connectivity index (χ1v) is 5.16. The number of nitrogens with one attached hydrogen (secondary N) is 1. The molecule has 0 spiro atoms. The van der Waals surface area contributed by atoms with Crippen molar-refractivity contribution in [2.75, 3.05) is 0 Å². The van der Waals surface area contributed by atoms with Crippen molar-refractivity contribution in [3.63, 3.8) is 0 Å². The van der Waals surface area contributed by atoms with Gasteiger partial charge in [-0.2, -0.15) is 5.10 Å². The van der Waals surface area contributed by atoms with Crippen molar-refractivity contribution in [1.82, 2.24) is 10.2 Å². The Morgan fingerprint density at radius 1 is 1.43 bits per heavy atom. The van der Waals surface area contributed by atoms with Gasteiger partial charge in [-0.25, -0.2) is 0 Å². The lowest BCUT2D eigenvalue weighted by molar-refractivity contribution is 0.649. The molecule has 0 aliphatic rings. The molecule has 2 aromatic rings. The molecule has 0 fully saturated rings. The van der Waals surface area contributed by atoms with Gasteiger partial charge in [0.25, 0.3) is 0 Å². The average molecular weight is 209 g/mol. The lowest BCUT2D eigenvalue weighted by atomic mass is 10.0. The summed E-state index contributed by atoms with van der Waals surface area (Å²) in [5.41, 5.74) is 2.36. The molecular weight excluding hydrogens is 196 g/mol. The maximum absolute atomic E-state index is 6.02. The van der Waals surface area contributed by atoms with E-state index in [-0.39, 0.29) is 0 Å². The highest BCUT2D eigenvalue weighted by molar-refractivity contribution is 6.31. The second-order valence-corrected chi connectivity index (χ2v) is 4.43. The van der Waals surface area contributed by atoms with Crippen molar-refractivity contribution in [2.24, 2.45) is 5.92 Å². The number of aromatic amines is 1. The monoisotopic (exact) mass is 208 g/mol. The van der Waals surface area contributed by atoms with Crippen molar-refractivity contribution < 1.29 is 0 Å². The largest absolute Gasteiger partial charge is 0.278 e. The highest BCUT2D eigenvalue weighted by atomic mass is 35.5. The highest BCUT2D eigenvalue weighted by Gasteiger charge is 2.06. The maximum atomic E-state index is 6.02. The third-order valence-corrected chi connectivity index (χ3v) is 2.44. The molecule has 0 radical (unpaired) electrons. The van der Waals surface area contributed by atoms with Crippen LogP contribution < -0.4 is 0 Å². The van der Waals surface area contributed by atoms with Gasteiger partial charge >= 0.3 is 0 Å². The van der Waals surface area contributed by atoms with Crippen molar-refractivity contribution in [1.29, 1.82) is 0 Å². The first-order chi connectivity index (χ1) is 6.66. The highest BCUT2D eigenvalue weighted by Crippen LogP contribution is 2.23. The minimum absolute atomic E-state index is 0.625. The van der Waals surface area contributed by atoms with Crippen LogP contribution >= 0.6 is 11.6 Å². The minimum atomic E-state index is 0.625. The number of fused-ring (bicyclic) bond motifs is 1. The molecular formula is C11H13ClN2. The maximum Gasteiger partial charge on any atom is 0.0683 e. The van der Waals surface area contributed by atoms with Gasteiger partial charge in [0.1, 0.15) is 0 Å². The predicted octanol–water partition coefficient (Wildman–Crippen LogP) is 3.41. The number of nitrogens with zero attached hydrogens (tertiary/aromatic N) is 1. The summed E-state index contributed by atoms with van der Waals surface area (Å²) < 4.78 is 0. The number of benzene rings is 1. The number of rotatable bonds is 2. The molecule has 2 rings (SSSR count). The zero-order chi connectivity index (χ0) is 10.1. The number of aromatic nitrogens is 2. The summed E-state index contributed by atoms with van der Waals surface area (Å²) in [6.07, 6.45) is 2.84. The molecule has 14 heavy (non-hydrogen) atoms. The second kappa shape index (κ2) is 3.62. The lowest BCUT2D eigenvalue weighted by Crippen LogP contribution is -1.95. The molecule has 1 aromatic carbocycles. The first kappa shape index (κ1) is 9.53. The van der Waals surface area contributed by atoms with Crippen LogP contribution in [0.25, 0.3) is 10.9 Å². The van der Waals surface area contributed by atoms with Crippen molar-refractivity contribution in [3.8, 4) is 0 Å². The number of halogens is 1. The van der Waals surface area contributed by atoms with E-state index in [9.17, 15) is 0 Å². The average Bonchev–Trinajstić information content (AvgIpc) is 2.50. The van der Waals surface area contributed by atoms with Crippen LogP contribution in [0.15, 0.2) is 18.3 Å². The van der Waals surface area contributed by atoms with Crippen LogP contribution in [0.3, 0.4) is 0 Å². The van der Waals surface area contributed by atoms with E-state index in [0.717, 1.165) is 22.3 Å². The van der Waals surface area contributed by atoms with Crippen LogP contribution in [-0.2, 0) is 6.42 Å². The topological polar surface area (TPSA) is 28.7 Å². The molecule has 0 atom stereocenters. The van der Waals surface area contributed by atoms with Crippen LogP contribution in [0.2, 0.25) is 5.02 Å². The summed E-state index contributed by atoms with van der Waals surface area (Å²) in [7, 11) is 0. The number of hydrogen-bond acceptors (Lipinski definition) is 1. The van der Waals surface area contributed by atoms with Gasteiger partial charge < -0.3 is 0 Å². The van der Waals surface area contributed by atoms with Gasteiger partial charge in [-0.05, 0) is 30.0 Å². The number of H-pyrrole nitrogens is 1. The summed E-state index contributed by atoms with van der Waals surface area (Å²) in [5, 5.41) is 8.92. The third-order valence-electron chi connectivity index (χ3n) is 2.22. The Labute approximate surface area is 88.3 Å². The minimum Gasteiger partial charge on any atom is -0.278 e. The summed E-state index contributed by atoms with van der Waals surface area (Å²) >= 11 is 6.02. The van der Waals surface area contributed by atoms with Crippen LogP contribution in [0.4, 0.5) is 0 Å². The van der Waals surface area contributed by atoms with Gasteiger partial charge in [-0.1, -0.05) is 25.4 Å². The first-order valence-electron chi connectivity index (χ1n) is 4.78. The molecule has 0 bridgehead atoms. The van der Waals surface area contributed by atoms with Gasteiger partial charge in [0.15, 0.2) is 0 Å². The Morgan fingerprint density at radius 3 is 2.93 bits per heavy atom. The number of hydrogen-bond donors (Lipinski definition) is 1. The zero-order valence-electron chi connectivity index (χ0n) is 8.34. The smallest absolute Gasteiger partial charge is 0.0683 e. The molecule has 0 aliphatic carbocycles. The fourth-order valence-corrected chi connectivity index (χ4v) is 1.94. The Bertz CT molecular complexity index is 445. The summed E-state index contributed by atoms with van der Waals surface area (Å²) in [6.45, 7) is 4.40. The molecule has 2 nitrogen and oxygen atoms in total. The van der Waals surface area contributed by atoms with E-state index in [1.807, 2.05) is 18.3 Å². The fraction of sp³-hybridized carbons (Fsp3) is 0.364. The molecule has 0 saturated carbocycles. The Kier molecular flexibility index (Phi) is 2.46. The molecule has 0 unspecified atom stereocenters. The van der Waals surface area contributed by atoms with Crippen molar-refractivity contribution in [2.45, 2.75) is 20.3 Å². The normalized spacial score (nSPS) is 11.4. The van der Waals surface area contributed by atoms with E-state index in [0.29, 0.717) is 5.92 Å². The molecule has 74 valence electrons. The van der Waals surface area contributed by atoms with Gasteiger partial charge in [-0.15, -0.1) is 0 Å². The molecule has 0 amide bonds. The van der Waals surface area contributed by atoms with Gasteiger partial charge in [0, 0.05) is 10.4 Å². The van der Waals surface area contributed by atoms with Crippen LogP contribution in [-0.4, -0.2) is 10.2 Å². The Hall–Kier alpha value is -1.02. The van der Waals surface area contributed by atoms with E-state index >= 15 is 0 Å². The van der Waals surface area contributed by atoms with E-state index < -0.39 is 0 Å². The van der Waals surface area contributed by atoms with Crippen molar-refractivity contribution in [3.05, 3.63) is 28.9 Å². The zero-order valence-corrected chi connectivity index (χ0v) is 9.10. The van der Waals surface area contributed by atoms with Gasteiger partial charge in [0.05, 0.1) is 11.7 Å². The Balaban J connectivity index is 2.55.